The standard InChI is InChI=1S/C24H25N3O4/c1-16-4-3-11-27(13-16)22-10-7-17-5-2-6-20(24(17)26-22)29-14-23(28)25-18-8-9-19-21(12-18)31-15-30-19/h2,5-10,12,16H,3-4,11,13-15H2,1H3,(H,25,28). The topological polar surface area (TPSA) is 72.9 Å². The Morgan fingerprint density at radius 3 is 3.00 bits per heavy atom. The van der Waals surface area contributed by atoms with E-state index < -0.39 is 0 Å². The fourth-order valence-corrected chi connectivity index (χ4v) is 4.11. The van der Waals surface area contributed by atoms with E-state index in [4.69, 9.17) is 19.2 Å². The van der Waals surface area contributed by atoms with Gasteiger partial charge in [-0.3, -0.25) is 4.79 Å². The summed E-state index contributed by atoms with van der Waals surface area (Å²) in [6, 6.07) is 15.2. The second-order valence-corrected chi connectivity index (χ2v) is 8.10. The highest BCUT2D eigenvalue weighted by Gasteiger charge is 2.19. The van der Waals surface area contributed by atoms with Crippen LogP contribution in [-0.4, -0.2) is 37.4 Å². The molecule has 1 N–H and O–H groups in total. The number of nitrogens with zero attached hydrogens (tertiary/aromatic N) is 2. The van der Waals surface area contributed by atoms with Gasteiger partial charge in [0, 0.05) is 30.2 Å². The Morgan fingerprint density at radius 1 is 1.19 bits per heavy atom. The molecule has 1 saturated heterocycles. The second-order valence-electron chi connectivity index (χ2n) is 8.10. The van der Waals surface area contributed by atoms with E-state index in [2.05, 4.69) is 29.3 Å². The number of benzene rings is 2. The number of hydrogen-bond acceptors (Lipinski definition) is 6. The maximum absolute atomic E-state index is 12.4. The SMILES string of the molecule is CC1CCCN(c2ccc3cccc(OCC(=O)Nc4ccc5c(c4)OCO5)c3n2)C1. The molecule has 0 spiro atoms. The monoisotopic (exact) mass is 419 g/mol. The molecule has 5 rings (SSSR count). The van der Waals surface area contributed by atoms with Crippen LogP contribution >= 0.6 is 0 Å². The van der Waals surface area contributed by atoms with E-state index in [1.165, 1.54) is 12.8 Å². The maximum Gasteiger partial charge on any atom is 0.262 e. The first-order chi connectivity index (χ1) is 15.2. The van der Waals surface area contributed by atoms with E-state index in [9.17, 15) is 4.79 Å². The third-order valence-electron chi connectivity index (χ3n) is 5.66. The van der Waals surface area contributed by atoms with E-state index >= 15 is 0 Å². The highest BCUT2D eigenvalue weighted by Crippen LogP contribution is 2.34. The molecule has 2 aromatic carbocycles. The summed E-state index contributed by atoms with van der Waals surface area (Å²) < 4.78 is 16.5. The van der Waals surface area contributed by atoms with Crippen molar-refractivity contribution in [2.75, 3.05) is 36.7 Å². The van der Waals surface area contributed by atoms with E-state index in [1.807, 2.05) is 18.2 Å². The number of para-hydroxylation sites is 1. The minimum absolute atomic E-state index is 0.111. The lowest BCUT2D eigenvalue weighted by molar-refractivity contribution is -0.118. The molecule has 0 aliphatic carbocycles. The lowest BCUT2D eigenvalue weighted by atomic mass is 10.0. The molecule has 2 aliphatic heterocycles. The van der Waals surface area contributed by atoms with Crippen LogP contribution in [0.5, 0.6) is 17.2 Å². The molecule has 1 fully saturated rings. The summed E-state index contributed by atoms with van der Waals surface area (Å²) >= 11 is 0. The quantitative estimate of drug-likeness (QED) is 0.668. The van der Waals surface area contributed by atoms with Crippen LogP contribution in [0.15, 0.2) is 48.5 Å². The van der Waals surface area contributed by atoms with Gasteiger partial charge in [0.1, 0.15) is 17.1 Å². The van der Waals surface area contributed by atoms with Crippen LogP contribution in [0.1, 0.15) is 19.8 Å². The first kappa shape index (κ1) is 19.5. The van der Waals surface area contributed by atoms with Crippen LogP contribution in [-0.2, 0) is 4.79 Å². The number of amides is 1. The van der Waals surface area contributed by atoms with Crippen molar-refractivity contribution >= 4 is 28.3 Å². The van der Waals surface area contributed by atoms with Gasteiger partial charge in [-0.25, -0.2) is 4.98 Å². The molecule has 3 heterocycles. The maximum atomic E-state index is 12.4. The molecule has 0 saturated carbocycles. The molecule has 7 heteroatoms. The van der Waals surface area contributed by atoms with Crippen molar-refractivity contribution in [3.8, 4) is 17.2 Å². The zero-order valence-corrected chi connectivity index (χ0v) is 17.5. The largest absolute Gasteiger partial charge is 0.481 e. The van der Waals surface area contributed by atoms with Crippen LogP contribution in [0.3, 0.4) is 0 Å². The molecule has 1 amide bonds. The number of fused-ring (bicyclic) bond motifs is 2. The summed E-state index contributed by atoms with van der Waals surface area (Å²) in [6.45, 7) is 4.40. The Bertz CT molecular complexity index is 1120. The van der Waals surface area contributed by atoms with E-state index in [1.54, 1.807) is 18.2 Å². The Hall–Kier alpha value is -3.48. The number of aromatic nitrogens is 1. The van der Waals surface area contributed by atoms with Gasteiger partial charge in [-0.2, -0.15) is 0 Å². The Kier molecular flexibility index (Phi) is 5.24. The zero-order valence-electron chi connectivity index (χ0n) is 17.5. The fourth-order valence-electron chi connectivity index (χ4n) is 4.11. The van der Waals surface area contributed by atoms with Crippen LogP contribution < -0.4 is 24.4 Å². The summed E-state index contributed by atoms with van der Waals surface area (Å²) in [4.78, 5) is 19.6. The van der Waals surface area contributed by atoms with Crippen molar-refractivity contribution < 1.29 is 19.0 Å². The molecule has 3 aromatic rings. The lowest BCUT2D eigenvalue weighted by Gasteiger charge is -2.32. The van der Waals surface area contributed by atoms with Gasteiger partial charge < -0.3 is 24.4 Å². The molecule has 1 atom stereocenters. The molecule has 1 unspecified atom stereocenters. The third kappa shape index (κ3) is 4.21. The van der Waals surface area contributed by atoms with Crippen LogP contribution in [0, 0.1) is 5.92 Å². The van der Waals surface area contributed by atoms with Crippen molar-refractivity contribution in [2.45, 2.75) is 19.8 Å². The van der Waals surface area contributed by atoms with E-state index in [0.717, 1.165) is 29.8 Å². The second kappa shape index (κ2) is 8.34. The number of piperidine rings is 1. The predicted molar refractivity (Wildman–Crippen MR) is 119 cm³/mol. The van der Waals surface area contributed by atoms with Crippen LogP contribution in [0.2, 0.25) is 0 Å². The van der Waals surface area contributed by atoms with Crippen molar-refractivity contribution in [3.05, 3.63) is 48.5 Å². The molecular formula is C24H25N3O4. The number of rotatable bonds is 5. The summed E-state index contributed by atoms with van der Waals surface area (Å²) in [5, 5.41) is 3.82. The van der Waals surface area contributed by atoms with Gasteiger partial charge in [0.25, 0.3) is 5.91 Å². The number of anilines is 2. The summed E-state index contributed by atoms with van der Waals surface area (Å²) in [5.74, 6) is 3.27. The first-order valence-electron chi connectivity index (χ1n) is 10.6. The Balaban J connectivity index is 1.29. The van der Waals surface area contributed by atoms with Crippen LogP contribution in [0.4, 0.5) is 11.5 Å². The Labute approximate surface area is 180 Å². The lowest BCUT2D eigenvalue weighted by Crippen LogP contribution is -2.34. The van der Waals surface area contributed by atoms with Crippen molar-refractivity contribution in [1.29, 1.82) is 0 Å². The Morgan fingerprint density at radius 2 is 2.10 bits per heavy atom. The molecule has 160 valence electrons. The molecular weight excluding hydrogens is 394 g/mol. The van der Waals surface area contributed by atoms with Gasteiger partial charge in [-0.05, 0) is 49.1 Å². The minimum atomic E-state index is -0.253. The molecule has 1 aromatic heterocycles. The average molecular weight is 419 g/mol. The van der Waals surface area contributed by atoms with Crippen molar-refractivity contribution in [3.63, 3.8) is 0 Å². The number of pyridine rings is 1. The van der Waals surface area contributed by atoms with E-state index in [0.29, 0.717) is 28.9 Å². The number of carbonyl (C=O) groups excluding carboxylic acids is 1. The van der Waals surface area contributed by atoms with Crippen molar-refractivity contribution in [2.24, 2.45) is 5.92 Å². The molecule has 0 radical (unpaired) electrons. The third-order valence-corrected chi connectivity index (χ3v) is 5.66. The summed E-state index contributed by atoms with van der Waals surface area (Å²) in [6.07, 6.45) is 2.44. The predicted octanol–water partition coefficient (Wildman–Crippen LogP) is 4.22. The summed E-state index contributed by atoms with van der Waals surface area (Å²) in [5.41, 5.74) is 1.41. The number of hydrogen-bond donors (Lipinski definition) is 1. The molecule has 7 nitrogen and oxygen atoms in total. The van der Waals surface area contributed by atoms with Crippen LogP contribution in [0.25, 0.3) is 10.9 Å². The molecule has 0 bridgehead atoms. The normalized spacial score (nSPS) is 17.6. The highest BCUT2D eigenvalue weighted by molar-refractivity contribution is 5.93. The van der Waals surface area contributed by atoms with Gasteiger partial charge in [-0.1, -0.05) is 19.1 Å². The number of ether oxygens (including phenoxy) is 3. The van der Waals surface area contributed by atoms with Gasteiger partial charge in [0.2, 0.25) is 6.79 Å². The number of nitrogens with one attached hydrogen (secondary N) is 1. The van der Waals surface area contributed by atoms with E-state index in [-0.39, 0.29) is 19.3 Å². The summed E-state index contributed by atoms with van der Waals surface area (Å²) in [7, 11) is 0. The highest BCUT2D eigenvalue weighted by atomic mass is 16.7. The van der Waals surface area contributed by atoms with Gasteiger partial charge >= 0.3 is 0 Å². The minimum Gasteiger partial charge on any atom is -0.481 e. The van der Waals surface area contributed by atoms with Gasteiger partial charge in [0.05, 0.1) is 0 Å². The van der Waals surface area contributed by atoms with Gasteiger partial charge in [-0.15, -0.1) is 0 Å². The zero-order chi connectivity index (χ0) is 21.2. The smallest absolute Gasteiger partial charge is 0.262 e. The molecule has 31 heavy (non-hydrogen) atoms. The first-order valence-corrected chi connectivity index (χ1v) is 10.6. The number of carbonyl (C=O) groups is 1. The fraction of sp³-hybridized carbons (Fsp3) is 0.333. The van der Waals surface area contributed by atoms with Gasteiger partial charge in [0.15, 0.2) is 18.1 Å². The average Bonchev–Trinajstić information content (AvgIpc) is 3.25. The molecule has 2 aliphatic rings. The van der Waals surface area contributed by atoms with Crippen molar-refractivity contribution in [1.82, 2.24) is 4.98 Å².